The molecule has 4 heteroatoms. The topological polar surface area (TPSA) is 37.3 Å². The van der Waals surface area contributed by atoms with Gasteiger partial charge in [-0.3, -0.25) is 4.79 Å². The summed E-state index contributed by atoms with van der Waals surface area (Å²) in [5.74, 6) is -0.826. The van der Waals surface area contributed by atoms with Crippen LogP contribution in [-0.2, 0) is 4.79 Å². The van der Waals surface area contributed by atoms with Crippen LogP contribution in [0.4, 0.5) is 0 Å². The Labute approximate surface area is 63.6 Å². The molecule has 54 valence electrons. The number of thioether (sulfide) groups is 1. The Bertz CT molecular complexity index is 114. The molecule has 0 aromatic rings. The van der Waals surface area contributed by atoms with Gasteiger partial charge in [0.2, 0.25) is 0 Å². The van der Waals surface area contributed by atoms with Crippen molar-refractivity contribution in [2.24, 2.45) is 0 Å². The van der Waals surface area contributed by atoms with Crippen LogP contribution in [0.25, 0.3) is 0 Å². The number of hydrogen-bond acceptors (Lipinski definition) is 2. The Morgan fingerprint density at radius 2 is 2.22 bits per heavy atom. The third-order valence-corrected chi connectivity index (χ3v) is 2.26. The zero-order valence-electron chi connectivity index (χ0n) is 5.35. The average Bonchev–Trinajstić information content (AvgIpc) is 1.65. The average molecular weight is 169 g/mol. The molecule has 0 saturated carbocycles. The lowest BCUT2D eigenvalue weighted by atomic mass is 10.2. The van der Waals surface area contributed by atoms with Crippen LogP contribution in [-0.4, -0.2) is 21.0 Å². The van der Waals surface area contributed by atoms with Gasteiger partial charge in [-0.1, -0.05) is 0 Å². The second-order valence-electron chi connectivity index (χ2n) is 2.07. The number of hydrogen-bond donors (Lipinski definition) is 1. The number of halogens is 1. The minimum atomic E-state index is -0.826. The molecular formula is C5H9ClO2S. The molecule has 0 aliphatic carbocycles. The lowest BCUT2D eigenvalue weighted by Crippen LogP contribution is -2.26. The van der Waals surface area contributed by atoms with Crippen LogP contribution in [0.2, 0.25) is 0 Å². The smallest absolute Gasteiger partial charge is 0.319 e. The first kappa shape index (κ1) is 9.11. The van der Waals surface area contributed by atoms with Gasteiger partial charge in [0.25, 0.3) is 0 Å². The predicted octanol–water partition coefficient (Wildman–Crippen LogP) is 1.78. The van der Waals surface area contributed by atoms with Crippen LogP contribution < -0.4 is 0 Å². The minimum Gasteiger partial charge on any atom is -0.480 e. The van der Waals surface area contributed by atoms with Crippen LogP contribution >= 0.6 is 23.4 Å². The van der Waals surface area contributed by atoms with Gasteiger partial charge < -0.3 is 5.11 Å². The molecule has 0 fully saturated rings. The van der Waals surface area contributed by atoms with Crippen LogP contribution in [0, 0.1) is 0 Å². The van der Waals surface area contributed by atoms with E-state index in [1.165, 1.54) is 11.8 Å². The van der Waals surface area contributed by atoms with Crippen molar-refractivity contribution in [2.45, 2.75) is 18.6 Å². The SMILES string of the molecule is CC(C)(SCCl)C(=O)O. The molecule has 2 nitrogen and oxygen atoms in total. The molecule has 0 aliphatic heterocycles. The van der Waals surface area contributed by atoms with Gasteiger partial charge in [-0.05, 0) is 13.8 Å². The quantitative estimate of drug-likeness (QED) is 0.653. The first-order valence-electron chi connectivity index (χ1n) is 2.44. The Morgan fingerprint density at radius 1 is 1.78 bits per heavy atom. The third-order valence-electron chi connectivity index (χ3n) is 0.930. The number of carboxylic acids is 1. The van der Waals surface area contributed by atoms with E-state index in [9.17, 15) is 4.79 Å². The number of carboxylic acid groups (broad SMARTS) is 1. The first-order chi connectivity index (χ1) is 4.00. The largest absolute Gasteiger partial charge is 0.480 e. The van der Waals surface area contributed by atoms with Crippen molar-refractivity contribution in [2.75, 3.05) is 5.21 Å². The summed E-state index contributed by atoms with van der Waals surface area (Å²) in [6, 6.07) is 0. The molecule has 0 spiro atoms. The first-order valence-corrected chi connectivity index (χ1v) is 3.96. The fourth-order valence-electron chi connectivity index (χ4n) is 0.198. The highest BCUT2D eigenvalue weighted by Crippen LogP contribution is 2.24. The lowest BCUT2D eigenvalue weighted by Gasteiger charge is -2.15. The highest BCUT2D eigenvalue weighted by molar-refractivity contribution is 8.02. The standard InChI is InChI=1S/C5H9ClO2S/c1-5(2,4(7)8)9-3-6/h3H2,1-2H3,(H,7,8). The van der Waals surface area contributed by atoms with Crippen molar-refractivity contribution in [3.05, 3.63) is 0 Å². The van der Waals surface area contributed by atoms with E-state index >= 15 is 0 Å². The summed E-state index contributed by atoms with van der Waals surface area (Å²) in [7, 11) is 0. The molecule has 0 heterocycles. The van der Waals surface area contributed by atoms with Gasteiger partial charge >= 0.3 is 5.97 Å². The summed E-state index contributed by atoms with van der Waals surface area (Å²) in [4.78, 5) is 10.3. The van der Waals surface area contributed by atoms with Crippen LogP contribution in [0.15, 0.2) is 0 Å². The third kappa shape index (κ3) is 2.96. The summed E-state index contributed by atoms with van der Waals surface area (Å²) >= 11 is 6.54. The zero-order valence-corrected chi connectivity index (χ0v) is 6.92. The maximum atomic E-state index is 10.3. The summed E-state index contributed by atoms with van der Waals surface area (Å²) < 4.78 is -0.748. The van der Waals surface area contributed by atoms with Crippen molar-refractivity contribution in [3.8, 4) is 0 Å². The molecule has 0 unspecified atom stereocenters. The summed E-state index contributed by atoms with van der Waals surface area (Å²) in [5.41, 5.74) is 0. The van der Waals surface area contributed by atoms with Crippen molar-refractivity contribution in [1.29, 1.82) is 0 Å². The van der Waals surface area contributed by atoms with E-state index < -0.39 is 10.7 Å². The van der Waals surface area contributed by atoms with E-state index in [2.05, 4.69) is 0 Å². The molecule has 0 aliphatic rings. The highest BCUT2D eigenvalue weighted by Gasteiger charge is 2.26. The molecule has 0 bridgehead atoms. The minimum absolute atomic E-state index is 0.319. The molecule has 9 heavy (non-hydrogen) atoms. The van der Waals surface area contributed by atoms with Crippen LogP contribution in [0.5, 0.6) is 0 Å². The highest BCUT2D eigenvalue weighted by atomic mass is 35.5. The molecule has 1 N–H and O–H groups in total. The zero-order chi connectivity index (χ0) is 7.49. The van der Waals surface area contributed by atoms with Gasteiger partial charge in [-0.25, -0.2) is 0 Å². The number of carbonyl (C=O) groups is 1. The van der Waals surface area contributed by atoms with Gasteiger partial charge in [0, 0.05) is 0 Å². The normalized spacial score (nSPS) is 11.4. The number of aliphatic carboxylic acids is 1. The fourth-order valence-corrected chi connectivity index (χ4v) is 1.41. The van der Waals surface area contributed by atoms with Gasteiger partial charge in [0.15, 0.2) is 0 Å². The molecule has 0 atom stereocenters. The summed E-state index contributed by atoms with van der Waals surface area (Å²) in [5, 5.41) is 8.81. The Balaban J connectivity index is 3.85. The van der Waals surface area contributed by atoms with Gasteiger partial charge in [0.05, 0.1) is 5.21 Å². The summed E-state index contributed by atoms with van der Waals surface area (Å²) in [6.07, 6.45) is 0. The van der Waals surface area contributed by atoms with E-state index in [0.717, 1.165) is 0 Å². The van der Waals surface area contributed by atoms with Crippen LogP contribution in [0.3, 0.4) is 0 Å². The van der Waals surface area contributed by atoms with E-state index in [4.69, 9.17) is 16.7 Å². The maximum absolute atomic E-state index is 10.3. The van der Waals surface area contributed by atoms with Crippen molar-refractivity contribution in [3.63, 3.8) is 0 Å². The molecule has 0 aromatic carbocycles. The second kappa shape index (κ2) is 3.32. The predicted molar refractivity (Wildman–Crippen MR) is 40.0 cm³/mol. The van der Waals surface area contributed by atoms with E-state index in [0.29, 0.717) is 5.21 Å². The van der Waals surface area contributed by atoms with E-state index in [1.807, 2.05) is 0 Å². The second-order valence-corrected chi connectivity index (χ2v) is 4.25. The molecular weight excluding hydrogens is 160 g/mol. The summed E-state index contributed by atoms with van der Waals surface area (Å²) in [6.45, 7) is 3.25. The molecule has 0 aromatic heterocycles. The molecule has 0 amide bonds. The Hall–Kier alpha value is 0.110. The van der Waals surface area contributed by atoms with Gasteiger partial charge in [-0.15, -0.1) is 23.4 Å². The van der Waals surface area contributed by atoms with Crippen LogP contribution in [0.1, 0.15) is 13.8 Å². The number of rotatable bonds is 3. The van der Waals surface area contributed by atoms with Crippen molar-refractivity contribution < 1.29 is 9.90 Å². The lowest BCUT2D eigenvalue weighted by molar-refractivity contribution is -0.138. The van der Waals surface area contributed by atoms with Gasteiger partial charge in [0.1, 0.15) is 4.75 Å². The molecule has 0 saturated heterocycles. The van der Waals surface area contributed by atoms with E-state index in [1.54, 1.807) is 13.8 Å². The molecule has 0 rings (SSSR count). The van der Waals surface area contributed by atoms with Crippen molar-refractivity contribution in [1.82, 2.24) is 0 Å². The fraction of sp³-hybridized carbons (Fsp3) is 0.800. The van der Waals surface area contributed by atoms with Crippen molar-refractivity contribution >= 4 is 29.3 Å². The van der Waals surface area contributed by atoms with E-state index in [-0.39, 0.29) is 0 Å². The Kier molecular flexibility index (Phi) is 3.36. The van der Waals surface area contributed by atoms with Gasteiger partial charge in [-0.2, -0.15) is 0 Å². The monoisotopic (exact) mass is 168 g/mol. The Morgan fingerprint density at radius 3 is 2.33 bits per heavy atom. The number of alkyl halides is 1. The maximum Gasteiger partial charge on any atom is 0.319 e. The molecule has 0 radical (unpaired) electrons.